The fourth-order valence-electron chi connectivity index (χ4n) is 1.83. The summed E-state index contributed by atoms with van der Waals surface area (Å²) in [7, 11) is 0. The van der Waals surface area contributed by atoms with Crippen molar-refractivity contribution in [3.05, 3.63) is 36.1 Å². The fraction of sp³-hybridized carbons (Fsp3) is 0.333. The zero-order chi connectivity index (χ0) is 15.2. The number of aryl methyl sites for hydroxylation is 1. The second kappa shape index (κ2) is 6.78. The molecule has 0 fully saturated rings. The number of nitrogens with one attached hydrogen (secondary N) is 2. The molecule has 1 aromatic heterocycles. The van der Waals surface area contributed by atoms with Gasteiger partial charge in [0.25, 0.3) is 0 Å². The molecule has 0 aliphatic heterocycles. The van der Waals surface area contributed by atoms with Crippen molar-refractivity contribution in [1.29, 1.82) is 0 Å². The minimum absolute atomic E-state index is 0.199. The summed E-state index contributed by atoms with van der Waals surface area (Å²) in [5, 5.41) is 9.55. The summed E-state index contributed by atoms with van der Waals surface area (Å²) in [6, 6.07) is 8.73. The van der Waals surface area contributed by atoms with Gasteiger partial charge in [-0.1, -0.05) is 17.3 Å². The standard InChI is InChI=1S/C15H19N3O3/c1-4-20-13-8-6-5-7-12(13)16-11(3)15(19)17-14-9-10(2)21-18-14/h5-9,11,16H,4H2,1-3H3,(H,17,18,19)/t11-/m0/s1. The number of hydrogen-bond donors (Lipinski definition) is 2. The average molecular weight is 289 g/mol. The normalized spacial score (nSPS) is 11.8. The van der Waals surface area contributed by atoms with E-state index in [1.165, 1.54) is 0 Å². The number of nitrogens with zero attached hydrogens (tertiary/aromatic N) is 1. The molecule has 1 amide bonds. The van der Waals surface area contributed by atoms with Crippen LogP contribution in [0, 0.1) is 6.92 Å². The van der Waals surface area contributed by atoms with Crippen molar-refractivity contribution in [2.24, 2.45) is 0 Å². The molecule has 2 rings (SSSR count). The molecule has 6 nitrogen and oxygen atoms in total. The molecule has 0 saturated heterocycles. The molecule has 0 aliphatic carbocycles. The zero-order valence-electron chi connectivity index (χ0n) is 12.3. The molecule has 0 aliphatic rings. The third-order valence-corrected chi connectivity index (χ3v) is 2.83. The van der Waals surface area contributed by atoms with E-state index in [-0.39, 0.29) is 5.91 Å². The Hall–Kier alpha value is -2.50. The molecule has 0 bridgehead atoms. The van der Waals surface area contributed by atoms with E-state index in [1.807, 2.05) is 31.2 Å². The number of aromatic nitrogens is 1. The van der Waals surface area contributed by atoms with Crippen LogP contribution >= 0.6 is 0 Å². The van der Waals surface area contributed by atoms with Crippen molar-refractivity contribution < 1.29 is 14.1 Å². The molecular weight excluding hydrogens is 270 g/mol. The van der Waals surface area contributed by atoms with Crippen molar-refractivity contribution in [1.82, 2.24) is 5.16 Å². The molecule has 0 unspecified atom stereocenters. The largest absolute Gasteiger partial charge is 0.492 e. The van der Waals surface area contributed by atoms with Gasteiger partial charge in [-0.3, -0.25) is 4.79 Å². The molecule has 112 valence electrons. The number of carbonyl (C=O) groups excluding carboxylic acids is 1. The molecule has 6 heteroatoms. The minimum atomic E-state index is -0.441. The Morgan fingerprint density at radius 1 is 1.43 bits per heavy atom. The van der Waals surface area contributed by atoms with Gasteiger partial charge in [0.15, 0.2) is 5.82 Å². The quantitative estimate of drug-likeness (QED) is 0.855. The van der Waals surface area contributed by atoms with E-state index in [2.05, 4.69) is 15.8 Å². The smallest absolute Gasteiger partial charge is 0.247 e. The predicted molar refractivity (Wildman–Crippen MR) is 80.6 cm³/mol. The SMILES string of the molecule is CCOc1ccccc1N[C@@H](C)C(=O)Nc1cc(C)on1. The molecular formula is C15H19N3O3. The third-order valence-electron chi connectivity index (χ3n) is 2.83. The van der Waals surface area contributed by atoms with Gasteiger partial charge >= 0.3 is 0 Å². The van der Waals surface area contributed by atoms with Gasteiger partial charge in [0.1, 0.15) is 17.6 Å². The fourth-order valence-corrected chi connectivity index (χ4v) is 1.83. The summed E-state index contributed by atoms with van der Waals surface area (Å²) in [6.45, 7) is 6.02. The number of benzene rings is 1. The van der Waals surface area contributed by atoms with Gasteiger partial charge in [0.05, 0.1) is 12.3 Å². The molecule has 21 heavy (non-hydrogen) atoms. The predicted octanol–water partition coefficient (Wildman–Crippen LogP) is 2.82. The molecule has 1 aromatic carbocycles. The summed E-state index contributed by atoms with van der Waals surface area (Å²) < 4.78 is 10.4. The summed E-state index contributed by atoms with van der Waals surface area (Å²) in [5.41, 5.74) is 0.776. The van der Waals surface area contributed by atoms with Crippen LogP contribution in [0.5, 0.6) is 5.75 Å². The van der Waals surface area contributed by atoms with Crippen molar-refractivity contribution in [2.45, 2.75) is 26.8 Å². The number of anilines is 2. The lowest BCUT2D eigenvalue weighted by Crippen LogP contribution is -2.32. The van der Waals surface area contributed by atoms with Crippen LogP contribution in [0.2, 0.25) is 0 Å². The Bertz CT molecular complexity index is 610. The zero-order valence-corrected chi connectivity index (χ0v) is 12.3. The first-order valence-corrected chi connectivity index (χ1v) is 6.82. The molecule has 0 spiro atoms. The van der Waals surface area contributed by atoms with Gasteiger partial charge in [-0.25, -0.2) is 0 Å². The molecule has 2 aromatic rings. The van der Waals surface area contributed by atoms with E-state index in [4.69, 9.17) is 9.26 Å². The van der Waals surface area contributed by atoms with Gasteiger partial charge in [0, 0.05) is 6.07 Å². The summed E-state index contributed by atoms with van der Waals surface area (Å²) >= 11 is 0. The Kier molecular flexibility index (Phi) is 4.81. The highest BCUT2D eigenvalue weighted by Gasteiger charge is 2.16. The summed E-state index contributed by atoms with van der Waals surface area (Å²) in [6.07, 6.45) is 0. The third kappa shape index (κ3) is 3.98. The van der Waals surface area contributed by atoms with E-state index >= 15 is 0 Å². The first-order chi connectivity index (χ1) is 10.1. The number of carbonyl (C=O) groups is 1. The monoisotopic (exact) mass is 289 g/mol. The van der Waals surface area contributed by atoms with E-state index in [9.17, 15) is 4.79 Å². The first-order valence-electron chi connectivity index (χ1n) is 6.82. The lowest BCUT2D eigenvalue weighted by molar-refractivity contribution is -0.116. The van der Waals surface area contributed by atoms with Crippen LogP contribution in [-0.2, 0) is 4.79 Å². The molecule has 1 atom stereocenters. The lowest BCUT2D eigenvalue weighted by Gasteiger charge is -2.17. The highest BCUT2D eigenvalue weighted by molar-refractivity contribution is 5.95. The highest BCUT2D eigenvalue weighted by Crippen LogP contribution is 2.24. The maximum absolute atomic E-state index is 12.1. The summed E-state index contributed by atoms with van der Waals surface area (Å²) in [5.74, 6) is 1.57. The number of hydrogen-bond acceptors (Lipinski definition) is 5. The number of rotatable bonds is 6. The van der Waals surface area contributed by atoms with E-state index < -0.39 is 6.04 Å². The molecule has 0 radical (unpaired) electrons. The van der Waals surface area contributed by atoms with Crippen LogP contribution in [0.15, 0.2) is 34.9 Å². The van der Waals surface area contributed by atoms with E-state index in [0.717, 1.165) is 11.4 Å². The summed E-state index contributed by atoms with van der Waals surface area (Å²) in [4.78, 5) is 12.1. The second-order valence-electron chi connectivity index (χ2n) is 4.61. The van der Waals surface area contributed by atoms with Crippen LogP contribution < -0.4 is 15.4 Å². The van der Waals surface area contributed by atoms with Crippen LogP contribution in [0.4, 0.5) is 11.5 Å². The Morgan fingerprint density at radius 2 is 2.19 bits per heavy atom. The Labute approximate surface area is 123 Å². The maximum Gasteiger partial charge on any atom is 0.247 e. The van der Waals surface area contributed by atoms with Gasteiger partial charge < -0.3 is 19.9 Å². The molecule has 2 N–H and O–H groups in total. The number of para-hydroxylation sites is 2. The Balaban J connectivity index is 2.00. The van der Waals surface area contributed by atoms with Crippen LogP contribution in [0.1, 0.15) is 19.6 Å². The van der Waals surface area contributed by atoms with E-state index in [1.54, 1.807) is 19.9 Å². The minimum Gasteiger partial charge on any atom is -0.492 e. The van der Waals surface area contributed by atoms with Crippen molar-refractivity contribution in [3.8, 4) is 5.75 Å². The van der Waals surface area contributed by atoms with Gasteiger partial charge in [-0.15, -0.1) is 0 Å². The van der Waals surface area contributed by atoms with Crippen LogP contribution in [0.3, 0.4) is 0 Å². The van der Waals surface area contributed by atoms with Crippen LogP contribution in [-0.4, -0.2) is 23.7 Å². The second-order valence-corrected chi connectivity index (χ2v) is 4.61. The topological polar surface area (TPSA) is 76.4 Å². The molecule has 0 saturated carbocycles. The van der Waals surface area contributed by atoms with Crippen molar-refractivity contribution in [2.75, 3.05) is 17.2 Å². The lowest BCUT2D eigenvalue weighted by atomic mass is 10.2. The van der Waals surface area contributed by atoms with E-state index in [0.29, 0.717) is 18.2 Å². The number of amides is 1. The first kappa shape index (κ1) is 14.9. The van der Waals surface area contributed by atoms with Gasteiger partial charge in [-0.2, -0.15) is 0 Å². The Morgan fingerprint density at radius 3 is 2.86 bits per heavy atom. The van der Waals surface area contributed by atoms with Crippen molar-refractivity contribution in [3.63, 3.8) is 0 Å². The van der Waals surface area contributed by atoms with Gasteiger partial charge in [0.2, 0.25) is 5.91 Å². The molecule has 1 heterocycles. The highest BCUT2D eigenvalue weighted by atomic mass is 16.5. The maximum atomic E-state index is 12.1. The van der Waals surface area contributed by atoms with Crippen LogP contribution in [0.25, 0.3) is 0 Å². The average Bonchev–Trinajstić information content (AvgIpc) is 2.86. The number of ether oxygens (including phenoxy) is 1. The van der Waals surface area contributed by atoms with Crippen molar-refractivity contribution >= 4 is 17.4 Å². The van der Waals surface area contributed by atoms with Gasteiger partial charge in [-0.05, 0) is 32.9 Å².